The van der Waals surface area contributed by atoms with E-state index in [0.29, 0.717) is 0 Å². The number of carboxylic acid groups (broad SMARTS) is 2. The van der Waals surface area contributed by atoms with Crippen molar-refractivity contribution < 1.29 is 39.3 Å². The summed E-state index contributed by atoms with van der Waals surface area (Å²) >= 11 is 0. The van der Waals surface area contributed by atoms with E-state index in [9.17, 15) is 24.0 Å². The molecular weight excluding hydrogens is 340 g/mol. The van der Waals surface area contributed by atoms with Gasteiger partial charge in [0.15, 0.2) is 0 Å². The number of aliphatic hydroxyl groups excluding tert-OH is 1. The number of carboxylic acids is 2. The summed E-state index contributed by atoms with van der Waals surface area (Å²) < 4.78 is 0. The smallest absolute Gasteiger partial charge is 0.328 e. The second-order valence-corrected chi connectivity index (χ2v) is 5.19. The van der Waals surface area contributed by atoms with Crippen molar-refractivity contribution in [2.75, 3.05) is 6.61 Å². The number of hydrogen-bond acceptors (Lipinski definition) is 7. The van der Waals surface area contributed by atoms with Gasteiger partial charge >= 0.3 is 11.9 Å². The van der Waals surface area contributed by atoms with Crippen LogP contribution < -0.4 is 22.1 Å². The number of amides is 3. The van der Waals surface area contributed by atoms with Crippen LogP contribution in [0.1, 0.15) is 25.7 Å². The summed E-state index contributed by atoms with van der Waals surface area (Å²) in [6.45, 7) is -0.890. The van der Waals surface area contributed by atoms with Crippen LogP contribution in [0.25, 0.3) is 0 Å². The van der Waals surface area contributed by atoms with E-state index >= 15 is 0 Å². The minimum absolute atomic E-state index is 0.0805. The summed E-state index contributed by atoms with van der Waals surface area (Å²) in [5, 5.41) is 30.6. The molecule has 0 aromatic heterocycles. The van der Waals surface area contributed by atoms with Crippen molar-refractivity contribution >= 4 is 29.7 Å². The number of primary amides is 1. The van der Waals surface area contributed by atoms with Gasteiger partial charge in [-0.1, -0.05) is 0 Å². The molecule has 0 heterocycles. The highest BCUT2D eigenvalue weighted by Crippen LogP contribution is 2.02. The standard InChI is InChI=1S/C13H22N4O8/c14-6(1-3-9(15)19)11(22)16-7(2-4-10(20)21)12(23)17-8(5-18)13(24)25/h6-8,18H,1-5,14H2,(H2,15,19)(H,16,22)(H,17,23)(H,20,21)(H,24,25). The molecule has 0 aliphatic heterocycles. The Morgan fingerprint density at radius 1 is 0.880 bits per heavy atom. The second kappa shape index (κ2) is 10.9. The molecule has 0 spiro atoms. The predicted octanol–water partition coefficient (Wildman–Crippen LogP) is -3.51. The molecule has 0 bridgehead atoms. The molecule has 0 aromatic rings. The number of aliphatic carboxylic acids is 2. The first kappa shape index (κ1) is 22.3. The normalized spacial score (nSPS) is 14.0. The lowest BCUT2D eigenvalue weighted by atomic mass is 10.1. The summed E-state index contributed by atoms with van der Waals surface area (Å²) in [4.78, 5) is 56.1. The van der Waals surface area contributed by atoms with E-state index in [1.54, 1.807) is 0 Å². The van der Waals surface area contributed by atoms with Crippen LogP contribution in [0.3, 0.4) is 0 Å². The van der Waals surface area contributed by atoms with E-state index in [1.807, 2.05) is 5.32 Å². The highest BCUT2D eigenvalue weighted by molar-refractivity contribution is 5.92. The molecular formula is C13H22N4O8. The SMILES string of the molecule is NC(=O)CCC(N)C(=O)NC(CCC(=O)O)C(=O)NC(CO)C(=O)O. The minimum atomic E-state index is -1.61. The summed E-state index contributed by atoms with van der Waals surface area (Å²) in [5.74, 6) is -5.23. The summed E-state index contributed by atoms with van der Waals surface area (Å²) in [7, 11) is 0. The minimum Gasteiger partial charge on any atom is -0.481 e. The van der Waals surface area contributed by atoms with Gasteiger partial charge in [0.2, 0.25) is 17.7 Å². The average molecular weight is 362 g/mol. The summed E-state index contributed by atoms with van der Waals surface area (Å²) in [6, 6.07) is -4.15. The van der Waals surface area contributed by atoms with Crippen LogP contribution in [0.2, 0.25) is 0 Å². The van der Waals surface area contributed by atoms with Crippen molar-refractivity contribution in [3.8, 4) is 0 Å². The van der Waals surface area contributed by atoms with Crippen molar-refractivity contribution in [2.24, 2.45) is 11.5 Å². The zero-order chi connectivity index (χ0) is 19.6. The molecule has 0 rings (SSSR count). The van der Waals surface area contributed by atoms with Crippen LogP contribution in [0, 0.1) is 0 Å². The molecule has 9 N–H and O–H groups in total. The third-order valence-electron chi connectivity index (χ3n) is 3.12. The fraction of sp³-hybridized carbons (Fsp3) is 0.615. The Labute approximate surface area is 142 Å². The lowest BCUT2D eigenvalue weighted by Crippen LogP contribution is -2.55. The quantitative estimate of drug-likeness (QED) is 0.182. The maximum atomic E-state index is 12.0. The molecule has 142 valence electrons. The largest absolute Gasteiger partial charge is 0.481 e. The Morgan fingerprint density at radius 2 is 1.44 bits per heavy atom. The van der Waals surface area contributed by atoms with E-state index < -0.39 is 60.8 Å². The molecule has 12 heteroatoms. The van der Waals surface area contributed by atoms with E-state index in [0.717, 1.165) is 0 Å². The number of nitrogens with one attached hydrogen (secondary N) is 2. The van der Waals surface area contributed by atoms with Crippen LogP contribution >= 0.6 is 0 Å². The molecule has 3 amide bonds. The molecule has 25 heavy (non-hydrogen) atoms. The first-order chi connectivity index (χ1) is 11.6. The Balaban J connectivity index is 4.93. The maximum Gasteiger partial charge on any atom is 0.328 e. The van der Waals surface area contributed by atoms with Crippen molar-refractivity contribution in [2.45, 2.75) is 43.8 Å². The number of rotatable bonds is 12. The molecule has 0 radical (unpaired) electrons. The zero-order valence-electron chi connectivity index (χ0n) is 13.3. The molecule has 0 aliphatic rings. The van der Waals surface area contributed by atoms with Crippen molar-refractivity contribution in [1.82, 2.24) is 10.6 Å². The second-order valence-electron chi connectivity index (χ2n) is 5.19. The molecule has 0 saturated carbocycles. The van der Waals surface area contributed by atoms with Crippen LogP contribution in [0.4, 0.5) is 0 Å². The number of nitrogens with two attached hydrogens (primary N) is 2. The lowest BCUT2D eigenvalue weighted by molar-refractivity contribution is -0.144. The molecule has 3 atom stereocenters. The van der Waals surface area contributed by atoms with E-state index in [2.05, 4.69) is 5.32 Å². The number of carbonyl (C=O) groups excluding carboxylic acids is 3. The molecule has 0 aliphatic carbocycles. The zero-order valence-corrected chi connectivity index (χ0v) is 13.3. The first-order valence-electron chi connectivity index (χ1n) is 7.28. The summed E-state index contributed by atoms with van der Waals surface area (Å²) in [5.41, 5.74) is 10.5. The number of carbonyl (C=O) groups is 5. The van der Waals surface area contributed by atoms with Gasteiger partial charge in [0, 0.05) is 12.8 Å². The first-order valence-corrected chi connectivity index (χ1v) is 7.28. The van der Waals surface area contributed by atoms with E-state index in [-0.39, 0.29) is 19.3 Å². The number of aliphatic hydroxyl groups is 1. The highest BCUT2D eigenvalue weighted by atomic mass is 16.4. The van der Waals surface area contributed by atoms with Gasteiger partial charge in [-0.05, 0) is 12.8 Å². The third kappa shape index (κ3) is 9.22. The Hall–Kier alpha value is -2.73. The van der Waals surface area contributed by atoms with Gasteiger partial charge < -0.3 is 37.4 Å². The average Bonchev–Trinajstić information content (AvgIpc) is 2.52. The van der Waals surface area contributed by atoms with Crippen molar-refractivity contribution in [3.63, 3.8) is 0 Å². The van der Waals surface area contributed by atoms with Gasteiger partial charge in [0.25, 0.3) is 0 Å². The molecule has 3 unspecified atom stereocenters. The van der Waals surface area contributed by atoms with Gasteiger partial charge in [-0.15, -0.1) is 0 Å². The van der Waals surface area contributed by atoms with E-state index in [1.165, 1.54) is 0 Å². The topological polar surface area (TPSA) is 222 Å². The van der Waals surface area contributed by atoms with Crippen LogP contribution in [0.15, 0.2) is 0 Å². The Morgan fingerprint density at radius 3 is 1.88 bits per heavy atom. The molecule has 12 nitrogen and oxygen atoms in total. The fourth-order valence-electron chi connectivity index (χ4n) is 1.70. The number of hydrogen-bond donors (Lipinski definition) is 7. The monoisotopic (exact) mass is 362 g/mol. The molecule has 0 aromatic carbocycles. The van der Waals surface area contributed by atoms with Crippen LogP contribution in [0.5, 0.6) is 0 Å². The van der Waals surface area contributed by atoms with Crippen LogP contribution in [-0.2, 0) is 24.0 Å². The van der Waals surface area contributed by atoms with Gasteiger partial charge in [0.1, 0.15) is 12.1 Å². The van der Waals surface area contributed by atoms with E-state index in [4.69, 9.17) is 26.8 Å². The van der Waals surface area contributed by atoms with Gasteiger partial charge in [0.05, 0.1) is 12.6 Å². The highest BCUT2D eigenvalue weighted by Gasteiger charge is 2.28. The van der Waals surface area contributed by atoms with Crippen molar-refractivity contribution in [3.05, 3.63) is 0 Å². The Bertz CT molecular complexity index is 524. The lowest BCUT2D eigenvalue weighted by Gasteiger charge is -2.21. The molecule has 0 saturated heterocycles. The molecule has 0 fully saturated rings. The van der Waals surface area contributed by atoms with Crippen LogP contribution in [-0.4, -0.2) is 69.7 Å². The maximum absolute atomic E-state index is 12.0. The Kier molecular flexibility index (Phi) is 9.74. The van der Waals surface area contributed by atoms with Gasteiger partial charge in [-0.25, -0.2) is 4.79 Å². The van der Waals surface area contributed by atoms with Gasteiger partial charge in [-0.3, -0.25) is 19.2 Å². The predicted molar refractivity (Wildman–Crippen MR) is 81.9 cm³/mol. The fourth-order valence-corrected chi connectivity index (χ4v) is 1.70. The van der Waals surface area contributed by atoms with Crippen molar-refractivity contribution in [1.29, 1.82) is 0 Å². The third-order valence-corrected chi connectivity index (χ3v) is 3.12. The van der Waals surface area contributed by atoms with Gasteiger partial charge in [-0.2, -0.15) is 0 Å². The summed E-state index contributed by atoms with van der Waals surface area (Å²) in [6.07, 6.45) is -1.05.